The minimum Gasteiger partial charge on any atom is -0.370 e. The fourth-order valence-corrected chi connectivity index (χ4v) is 2.82. The molecule has 1 aromatic rings. The van der Waals surface area contributed by atoms with Gasteiger partial charge in [0.25, 0.3) is 11.5 Å². The van der Waals surface area contributed by atoms with Crippen LogP contribution in [-0.4, -0.2) is 40.7 Å². The number of allylic oxidation sites excluding steroid dienone is 1. The second-order valence-corrected chi connectivity index (χ2v) is 7.61. The summed E-state index contributed by atoms with van der Waals surface area (Å²) in [5.74, 6) is -3.52. The lowest BCUT2D eigenvalue weighted by Crippen LogP contribution is -2.51. The van der Waals surface area contributed by atoms with Crippen LogP contribution in [0.5, 0.6) is 0 Å². The number of benzene rings is 1. The predicted molar refractivity (Wildman–Crippen MR) is 112 cm³/mol. The van der Waals surface area contributed by atoms with Crippen molar-refractivity contribution in [1.29, 1.82) is 0 Å². The minimum atomic E-state index is -2.39. The summed E-state index contributed by atoms with van der Waals surface area (Å²) in [7, 11) is 0. The average Bonchev–Trinajstić information content (AvgIpc) is 2.68. The van der Waals surface area contributed by atoms with Crippen molar-refractivity contribution in [2.75, 3.05) is 6.54 Å². The van der Waals surface area contributed by atoms with Gasteiger partial charge in [-0.1, -0.05) is 61.9 Å². The van der Waals surface area contributed by atoms with Crippen molar-refractivity contribution in [1.82, 2.24) is 10.4 Å². The molecule has 0 heterocycles. The van der Waals surface area contributed by atoms with Gasteiger partial charge in [-0.3, -0.25) is 24.6 Å². The number of nitrogens with zero attached hydrogens (tertiary/aromatic N) is 1. The second kappa shape index (κ2) is 12.7. The van der Waals surface area contributed by atoms with E-state index in [-0.39, 0.29) is 31.1 Å². The van der Waals surface area contributed by atoms with Crippen LogP contribution in [0.2, 0.25) is 0 Å². The summed E-state index contributed by atoms with van der Waals surface area (Å²) in [4.78, 5) is 48.0. The Hall–Kier alpha value is -2.74. The summed E-state index contributed by atoms with van der Waals surface area (Å²) in [6, 6.07) is 9.21. The third-order valence-corrected chi connectivity index (χ3v) is 4.30. The van der Waals surface area contributed by atoms with E-state index in [1.807, 2.05) is 44.2 Å². The number of rotatable bonds is 11. The first-order chi connectivity index (χ1) is 14.1. The molecule has 0 aliphatic heterocycles. The largest absolute Gasteiger partial charge is 0.370 e. The van der Waals surface area contributed by atoms with E-state index in [9.17, 15) is 23.6 Å². The Kier molecular flexibility index (Phi) is 10.7. The number of hydrazine groups is 1. The third kappa shape index (κ3) is 9.65. The van der Waals surface area contributed by atoms with Gasteiger partial charge in [0.05, 0.1) is 6.54 Å². The van der Waals surface area contributed by atoms with Crippen LogP contribution in [0.15, 0.2) is 36.4 Å². The van der Waals surface area contributed by atoms with Crippen LogP contribution in [0.3, 0.4) is 0 Å². The number of halogens is 2. The van der Waals surface area contributed by atoms with Crippen molar-refractivity contribution >= 4 is 41.2 Å². The van der Waals surface area contributed by atoms with Gasteiger partial charge in [0, 0.05) is 18.8 Å². The molecule has 7 nitrogen and oxygen atoms in total. The zero-order valence-corrected chi connectivity index (χ0v) is 17.8. The average molecular weight is 440 g/mol. The Morgan fingerprint density at radius 1 is 1.20 bits per heavy atom. The lowest BCUT2D eigenvalue weighted by atomic mass is 9.91. The number of ketones is 1. The van der Waals surface area contributed by atoms with Crippen LogP contribution in [0, 0.1) is 11.8 Å². The van der Waals surface area contributed by atoms with Crippen LogP contribution in [-0.2, 0) is 19.2 Å². The van der Waals surface area contributed by atoms with Crippen molar-refractivity contribution in [2.45, 2.75) is 38.7 Å². The zero-order chi connectivity index (χ0) is 22.7. The van der Waals surface area contributed by atoms with E-state index >= 15 is 0 Å². The van der Waals surface area contributed by atoms with Crippen molar-refractivity contribution in [3.05, 3.63) is 42.0 Å². The van der Waals surface area contributed by atoms with E-state index in [1.54, 1.807) is 6.08 Å². The Bertz CT molecular complexity index is 769. The summed E-state index contributed by atoms with van der Waals surface area (Å²) in [5.41, 5.74) is 5.78. The van der Waals surface area contributed by atoms with Crippen LogP contribution < -0.4 is 11.2 Å². The van der Waals surface area contributed by atoms with Gasteiger partial charge in [0.1, 0.15) is 0 Å². The smallest absolute Gasteiger partial charge is 0.291 e. The Balaban J connectivity index is 2.86. The SMILES string of the molecule is CC(C)C[C@H](CC(=O)/C=C/c1ccccc1)C(=O)NN(CCC(N)=O)C(=O)[C@H](F)Cl. The zero-order valence-electron chi connectivity index (χ0n) is 17.0. The number of hydrogen-bond acceptors (Lipinski definition) is 4. The molecule has 0 radical (unpaired) electrons. The standard InChI is InChI=1S/C21H27ClFN3O4/c1-14(2)12-16(13-17(27)9-8-15-6-4-3-5-7-15)20(29)25-26(11-10-18(24)28)21(30)19(22)23/h3-9,14,16,19H,10-13H2,1-2H3,(H2,24,28)(H,25,29)/b9-8+/t16-,19+/m1/s1. The summed E-state index contributed by atoms with van der Waals surface area (Å²) in [6.07, 6.45) is 3.03. The van der Waals surface area contributed by atoms with Crippen LogP contribution >= 0.6 is 11.6 Å². The first-order valence-corrected chi connectivity index (χ1v) is 9.98. The monoisotopic (exact) mass is 439 g/mol. The van der Waals surface area contributed by atoms with Crippen LogP contribution in [0.1, 0.15) is 38.7 Å². The third-order valence-electron chi connectivity index (χ3n) is 4.12. The Morgan fingerprint density at radius 3 is 2.37 bits per heavy atom. The molecule has 0 aliphatic carbocycles. The molecule has 1 rings (SSSR count). The van der Waals surface area contributed by atoms with E-state index < -0.39 is 29.3 Å². The lowest BCUT2D eigenvalue weighted by molar-refractivity contribution is -0.146. The minimum absolute atomic E-state index is 0.0865. The summed E-state index contributed by atoms with van der Waals surface area (Å²) in [6.45, 7) is 3.44. The molecule has 0 saturated heterocycles. The molecule has 0 spiro atoms. The number of alkyl halides is 2. The topological polar surface area (TPSA) is 110 Å². The first-order valence-electron chi connectivity index (χ1n) is 9.54. The highest BCUT2D eigenvalue weighted by molar-refractivity contribution is 6.29. The van der Waals surface area contributed by atoms with Crippen molar-refractivity contribution in [2.24, 2.45) is 17.6 Å². The number of nitrogens with one attached hydrogen (secondary N) is 1. The fourth-order valence-electron chi connectivity index (χ4n) is 2.70. The number of primary amides is 1. The number of nitrogens with two attached hydrogens (primary N) is 1. The van der Waals surface area contributed by atoms with Crippen LogP contribution in [0.4, 0.5) is 4.39 Å². The van der Waals surface area contributed by atoms with E-state index in [4.69, 9.17) is 17.3 Å². The van der Waals surface area contributed by atoms with Gasteiger partial charge in [-0.2, -0.15) is 0 Å². The highest BCUT2D eigenvalue weighted by atomic mass is 35.5. The number of carbonyl (C=O) groups excluding carboxylic acids is 4. The summed E-state index contributed by atoms with van der Waals surface area (Å²) >= 11 is 5.18. The quantitative estimate of drug-likeness (QED) is 0.313. The second-order valence-electron chi connectivity index (χ2n) is 7.22. The molecule has 9 heteroatoms. The Morgan fingerprint density at radius 2 is 1.83 bits per heavy atom. The number of amides is 3. The maximum atomic E-state index is 13.2. The molecule has 30 heavy (non-hydrogen) atoms. The molecule has 2 atom stereocenters. The Labute approximate surface area is 180 Å². The van der Waals surface area contributed by atoms with Crippen molar-refractivity contribution < 1.29 is 23.6 Å². The van der Waals surface area contributed by atoms with E-state index in [1.165, 1.54) is 6.08 Å². The molecule has 0 unspecified atom stereocenters. The molecular formula is C21H27ClFN3O4. The van der Waals surface area contributed by atoms with E-state index in [2.05, 4.69) is 5.43 Å². The van der Waals surface area contributed by atoms with Gasteiger partial charge in [-0.15, -0.1) is 0 Å². The summed E-state index contributed by atoms with van der Waals surface area (Å²) in [5, 5.41) is 0.627. The number of hydrogen-bond donors (Lipinski definition) is 2. The highest BCUT2D eigenvalue weighted by Crippen LogP contribution is 2.18. The van der Waals surface area contributed by atoms with E-state index in [0.717, 1.165) is 5.56 Å². The number of carbonyl (C=O) groups is 4. The molecule has 3 amide bonds. The molecular weight excluding hydrogens is 413 g/mol. The normalized spacial score (nSPS) is 13.1. The van der Waals surface area contributed by atoms with Gasteiger partial charge in [0.15, 0.2) is 5.78 Å². The molecule has 0 saturated carbocycles. The van der Waals surface area contributed by atoms with Crippen molar-refractivity contribution in [3.8, 4) is 0 Å². The lowest BCUT2D eigenvalue weighted by Gasteiger charge is -2.26. The van der Waals surface area contributed by atoms with Gasteiger partial charge in [-0.25, -0.2) is 9.40 Å². The maximum Gasteiger partial charge on any atom is 0.291 e. The van der Waals surface area contributed by atoms with Gasteiger partial charge >= 0.3 is 0 Å². The van der Waals surface area contributed by atoms with Gasteiger partial charge < -0.3 is 5.73 Å². The first kappa shape index (κ1) is 25.3. The molecule has 0 fully saturated rings. The molecule has 164 valence electrons. The fraction of sp³-hybridized carbons (Fsp3) is 0.429. The summed E-state index contributed by atoms with van der Waals surface area (Å²) < 4.78 is 13.2. The van der Waals surface area contributed by atoms with Gasteiger partial charge in [0.2, 0.25) is 11.8 Å². The van der Waals surface area contributed by atoms with Gasteiger partial charge in [-0.05, 0) is 24.0 Å². The maximum absolute atomic E-state index is 13.2. The van der Waals surface area contributed by atoms with E-state index in [0.29, 0.717) is 11.4 Å². The predicted octanol–water partition coefficient (Wildman–Crippen LogP) is 2.59. The van der Waals surface area contributed by atoms with Crippen molar-refractivity contribution in [3.63, 3.8) is 0 Å². The molecule has 3 N–H and O–H groups in total. The molecule has 0 aliphatic rings. The highest BCUT2D eigenvalue weighted by Gasteiger charge is 2.28. The molecule has 0 aromatic heterocycles. The molecule has 1 aromatic carbocycles. The van der Waals surface area contributed by atoms with Crippen LogP contribution in [0.25, 0.3) is 6.08 Å². The molecule has 0 bridgehead atoms.